The van der Waals surface area contributed by atoms with Crippen molar-refractivity contribution in [1.82, 2.24) is 19.6 Å². The maximum atomic E-state index is 5.96. The summed E-state index contributed by atoms with van der Waals surface area (Å²) in [5.41, 5.74) is 0. The maximum absolute atomic E-state index is 5.96. The van der Waals surface area contributed by atoms with E-state index in [0.717, 1.165) is 11.5 Å². The van der Waals surface area contributed by atoms with Gasteiger partial charge in [0.2, 0.25) is 0 Å². The minimum Gasteiger partial charge on any atom is -0.464 e. The molecule has 7 heteroatoms. The van der Waals surface area contributed by atoms with Crippen molar-refractivity contribution in [3.05, 3.63) is 41.2 Å². The molecule has 0 bridgehead atoms. The topological polar surface area (TPSA) is 68.2 Å². The zero-order valence-electron chi connectivity index (χ0n) is 10.5. The lowest BCUT2D eigenvalue weighted by Gasteiger charge is -2.13. The number of halogens is 1. The first kappa shape index (κ1) is 12.0. The summed E-state index contributed by atoms with van der Waals surface area (Å²) in [5, 5.41) is 7.75. The normalized spacial score (nSPS) is 12.8. The first-order chi connectivity index (χ1) is 9.13. The van der Waals surface area contributed by atoms with E-state index in [1.807, 2.05) is 26.0 Å². The molecule has 1 atom stereocenters. The predicted octanol–water partition coefficient (Wildman–Crippen LogP) is 2.85. The van der Waals surface area contributed by atoms with Crippen molar-refractivity contribution >= 4 is 23.2 Å². The van der Waals surface area contributed by atoms with Gasteiger partial charge >= 0.3 is 0 Å². The van der Waals surface area contributed by atoms with Crippen molar-refractivity contribution < 1.29 is 4.42 Å². The second-order valence-corrected chi connectivity index (χ2v) is 4.64. The SMILES string of the molecule is Cc1ccc(C(C)Nc2cc(Cl)nc3ncnn23)o1. The zero-order chi connectivity index (χ0) is 13.4. The highest BCUT2D eigenvalue weighted by Gasteiger charge is 2.13. The van der Waals surface area contributed by atoms with Crippen LogP contribution in [0.3, 0.4) is 0 Å². The van der Waals surface area contributed by atoms with Crippen LogP contribution in [0.25, 0.3) is 5.78 Å². The number of aryl methyl sites for hydroxylation is 1. The van der Waals surface area contributed by atoms with Crippen molar-refractivity contribution in [2.45, 2.75) is 19.9 Å². The molecule has 0 aliphatic heterocycles. The number of hydrogen-bond donors (Lipinski definition) is 1. The standard InChI is InChI=1S/C12H12ClN5O/c1-7-3-4-9(19-7)8(2)16-11-5-10(13)17-12-14-6-15-18(11)12/h3-6,8,16H,1-2H3. The van der Waals surface area contributed by atoms with Crippen LogP contribution < -0.4 is 5.32 Å². The van der Waals surface area contributed by atoms with Crippen molar-refractivity contribution in [2.24, 2.45) is 0 Å². The smallest absolute Gasteiger partial charge is 0.255 e. The fraction of sp³-hybridized carbons (Fsp3) is 0.250. The molecule has 1 N–H and O–H groups in total. The highest BCUT2D eigenvalue weighted by molar-refractivity contribution is 6.29. The van der Waals surface area contributed by atoms with E-state index in [0.29, 0.717) is 16.7 Å². The molecule has 1 unspecified atom stereocenters. The van der Waals surface area contributed by atoms with E-state index in [4.69, 9.17) is 16.0 Å². The number of furan rings is 1. The number of rotatable bonds is 3. The summed E-state index contributed by atoms with van der Waals surface area (Å²) in [6.45, 7) is 3.91. The van der Waals surface area contributed by atoms with E-state index in [1.165, 1.54) is 6.33 Å². The molecule has 0 radical (unpaired) electrons. The summed E-state index contributed by atoms with van der Waals surface area (Å²) in [4.78, 5) is 8.09. The van der Waals surface area contributed by atoms with Crippen LogP contribution in [0.2, 0.25) is 5.15 Å². The average Bonchev–Trinajstić information content (AvgIpc) is 2.97. The Kier molecular flexibility index (Phi) is 2.87. The maximum Gasteiger partial charge on any atom is 0.255 e. The molecule has 0 spiro atoms. The Morgan fingerprint density at radius 3 is 3.00 bits per heavy atom. The molecule has 0 saturated heterocycles. The van der Waals surface area contributed by atoms with Gasteiger partial charge in [0.25, 0.3) is 5.78 Å². The van der Waals surface area contributed by atoms with Crippen LogP contribution in [-0.4, -0.2) is 19.6 Å². The number of anilines is 1. The highest BCUT2D eigenvalue weighted by atomic mass is 35.5. The van der Waals surface area contributed by atoms with Crippen LogP contribution >= 0.6 is 11.6 Å². The van der Waals surface area contributed by atoms with Gasteiger partial charge in [-0.1, -0.05) is 11.6 Å². The van der Waals surface area contributed by atoms with E-state index in [9.17, 15) is 0 Å². The summed E-state index contributed by atoms with van der Waals surface area (Å²) < 4.78 is 7.18. The largest absolute Gasteiger partial charge is 0.464 e. The number of nitrogens with zero attached hydrogens (tertiary/aromatic N) is 4. The Labute approximate surface area is 114 Å². The van der Waals surface area contributed by atoms with Gasteiger partial charge in [0.15, 0.2) is 0 Å². The van der Waals surface area contributed by atoms with E-state index in [-0.39, 0.29) is 6.04 Å². The molecule has 0 amide bonds. The summed E-state index contributed by atoms with van der Waals surface area (Å²) in [7, 11) is 0. The lowest BCUT2D eigenvalue weighted by Crippen LogP contribution is -2.10. The van der Waals surface area contributed by atoms with Gasteiger partial charge in [0.05, 0.1) is 6.04 Å². The third-order valence-electron chi connectivity index (χ3n) is 2.77. The summed E-state index contributed by atoms with van der Waals surface area (Å²) in [6, 6.07) is 5.56. The van der Waals surface area contributed by atoms with Gasteiger partial charge in [-0.05, 0) is 26.0 Å². The zero-order valence-corrected chi connectivity index (χ0v) is 11.2. The van der Waals surface area contributed by atoms with Crippen LogP contribution in [0.4, 0.5) is 5.82 Å². The number of fused-ring (bicyclic) bond motifs is 1. The molecule has 0 saturated carbocycles. The van der Waals surface area contributed by atoms with Gasteiger partial charge in [0, 0.05) is 6.07 Å². The number of hydrogen-bond acceptors (Lipinski definition) is 5. The van der Waals surface area contributed by atoms with Crippen LogP contribution in [-0.2, 0) is 0 Å². The average molecular weight is 278 g/mol. The Balaban J connectivity index is 1.94. The number of nitrogens with one attached hydrogen (secondary N) is 1. The fourth-order valence-electron chi connectivity index (χ4n) is 1.87. The predicted molar refractivity (Wildman–Crippen MR) is 71.3 cm³/mol. The molecule has 3 rings (SSSR count). The van der Waals surface area contributed by atoms with E-state index < -0.39 is 0 Å². The minimum absolute atomic E-state index is 0.0143. The van der Waals surface area contributed by atoms with Crippen LogP contribution in [0.15, 0.2) is 28.9 Å². The van der Waals surface area contributed by atoms with E-state index in [2.05, 4.69) is 20.4 Å². The third kappa shape index (κ3) is 2.26. The second-order valence-electron chi connectivity index (χ2n) is 4.25. The third-order valence-corrected chi connectivity index (χ3v) is 2.97. The molecule has 0 aliphatic carbocycles. The summed E-state index contributed by atoms with van der Waals surface area (Å²) in [6.07, 6.45) is 1.44. The molecular weight excluding hydrogens is 266 g/mol. The Morgan fingerprint density at radius 2 is 2.26 bits per heavy atom. The van der Waals surface area contributed by atoms with Gasteiger partial charge in [0.1, 0.15) is 28.8 Å². The first-order valence-corrected chi connectivity index (χ1v) is 6.20. The molecule has 3 heterocycles. The highest BCUT2D eigenvalue weighted by Crippen LogP contribution is 2.22. The quantitative estimate of drug-likeness (QED) is 0.746. The Hall–Kier alpha value is -2.08. The summed E-state index contributed by atoms with van der Waals surface area (Å²) in [5.74, 6) is 2.90. The van der Waals surface area contributed by atoms with Gasteiger partial charge in [-0.15, -0.1) is 0 Å². The molecule has 0 aliphatic rings. The molecule has 6 nitrogen and oxygen atoms in total. The van der Waals surface area contributed by atoms with Crippen molar-refractivity contribution in [3.63, 3.8) is 0 Å². The second kappa shape index (κ2) is 4.55. The molecule has 0 fully saturated rings. The molecule has 3 aromatic heterocycles. The molecule has 0 aromatic carbocycles. The monoisotopic (exact) mass is 277 g/mol. The van der Waals surface area contributed by atoms with E-state index >= 15 is 0 Å². The first-order valence-electron chi connectivity index (χ1n) is 5.82. The fourth-order valence-corrected chi connectivity index (χ4v) is 2.04. The van der Waals surface area contributed by atoms with Crippen molar-refractivity contribution in [3.8, 4) is 0 Å². The van der Waals surface area contributed by atoms with E-state index in [1.54, 1.807) is 10.6 Å². The lowest BCUT2D eigenvalue weighted by atomic mass is 10.2. The minimum atomic E-state index is -0.0143. The molecule has 98 valence electrons. The van der Waals surface area contributed by atoms with Crippen LogP contribution in [0.5, 0.6) is 0 Å². The van der Waals surface area contributed by atoms with Crippen LogP contribution in [0, 0.1) is 6.92 Å². The van der Waals surface area contributed by atoms with Crippen molar-refractivity contribution in [2.75, 3.05) is 5.32 Å². The van der Waals surface area contributed by atoms with Gasteiger partial charge in [-0.3, -0.25) is 0 Å². The van der Waals surface area contributed by atoms with Gasteiger partial charge in [-0.2, -0.15) is 19.6 Å². The molecular formula is C12H12ClN5O. The molecule has 3 aromatic rings. The van der Waals surface area contributed by atoms with Gasteiger partial charge in [-0.25, -0.2) is 0 Å². The lowest BCUT2D eigenvalue weighted by molar-refractivity contribution is 0.466. The van der Waals surface area contributed by atoms with Gasteiger partial charge < -0.3 is 9.73 Å². The van der Waals surface area contributed by atoms with Crippen LogP contribution in [0.1, 0.15) is 24.5 Å². The summed E-state index contributed by atoms with van der Waals surface area (Å²) >= 11 is 5.96. The van der Waals surface area contributed by atoms with Crippen molar-refractivity contribution in [1.29, 1.82) is 0 Å². The Bertz CT molecular complexity index is 720. The number of aromatic nitrogens is 4. The molecule has 19 heavy (non-hydrogen) atoms. The Morgan fingerprint density at radius 1 is 1.42 bits per heavy atom.